The number of halogens is 1. The molecule has 2 aromatic carbocycles. The largest absolute Gasteiger partial charge is 0.305 e. The fourth-order valence-electron chi connectivity index (χ4n) is 2.66. The van der Waals surface area contributed by atoms with Crippen molar-refractivity contribution in [2.75, 3.05) is 16.4 Å². The van der Waals surface area contributed by atoms with Gasteiger partial charge in [0.25, 0.3) is 5.91 Å². The first-order chi connectivity index (χ1) is 15.0. The zero-order valence-corrected chi connectivity index (χ0v) is 17.9. The summed E-state index contributed by atoms with van der Waals surface area (Å²) < 4.78 is 14.2. The molecule has 156 valence electrons. The van der Waals surface area contributed by atoms with E-state index in [-0.39, 0.29) is 23.0 Å². The maximum Gasteiger partial charge on any atom is 0.256 e. The number of nitrogens with one attached hydrogen (secondary N) is 2. The third-order valence-corrected chi connectivity index (χ3v) is 5.96. The van der Waals surface area contributed by atoms with E-state index in [9.17, 15) is 14.0 Å². The highest BCUT2D eigenvalue weighted by atomic mass is 32.2. The van der Waals surface area contributed by atoms with Gasteiger partial charge >= 0.3 is 0 Å². The Bertz CT molecular complexity index is 1260. The normalized spacial score (nSPS) is 10.8. The number of carbonyl (C=O) groups excluding carboxylic acids is 2. The van der Waals surface area contributed by atoms with E-state index in [0.29, 0.717) is 10.2 Å². The van der Waals surface area contributed by atoms with Gasteiger partial charge in [-0.05, 0) is 55.0 Å². The minimum absolute atomic E-state index is 0.138. The Balaban J connectivity index is 1.30. The van der Waals surface area contributed by atoms with E-state index in [1.807, 2.05) is 25.1 Å². The van der Waals surface area contributed by atoms with Crippen molar-refractivity contribution >= 4 is 56.1 Å². The Morgan fingerprint density at radius 1 is 1.06 bits per heavy atom. The number of hydrogen-bond donors (Lipinski definition) is 2. The van der Waals surface area contributed by atoms with Gasteiger partial charge in [-0.25, -0.2) is 9.37 Å². The van der Waals surface area contributed by atoms with Crippen molar-refractivity contribution in [3.8, 4) is 0 Å². The number of fused-ring (bicyclic) bond motifs is 1. The molecule has 0 saturated heterocycles. The lowest BCUT2D eigenvalue weighted by atomic mass is 10.2. The molecular formula is C21H16FN5O2S2. The predicted molar refractivity (Wildman–Crippen MR) is 120 cm³/mol. The number of benzene rings is 2. The number of aromatic nitrogens is 3. The molecule has 2 amide bonds. The van der Waals surface area contributed by atoms with Gasteiger partial charge in [0.1, 0.15) is 10.8 Å². The Morgan fingerprint density at radius 3 is 2.71 bits per heavy atom. The topological polar surface area (TPSA) is 96.9 Å². The molecule has 0 spiro atoms. The van der Waals surface area contributed by atoms with Crippen molar-refractivity contribution in [1.29, 1.82) is 0 Å². The Kier molecular flexibility index (Phi) is 6.19. The molecule has 0 unspecified atom stereocenters. The molecule has 4 aromatic rings. The van der Waals surface area contributed by atoms with Gasteiger partial charge in [0.2, 0.25) is 5.91 Å². The highest BCUT2D eigenvalue weighted by molar-refractivity contribution is 7.99. The third-order valence-electron chi connectivity index (χ3n) is 4.11. The van der Waals surface area contributed by atoms with Crippen LogP contribution in [0, 0.1) is 12.7 Å². The number of nitrogens with zero attached hydrogens (tertiary/aromatic N) is 3. The van der Waals surface area contributed by atoms with E-state index in [1.54, 1.807) is 12.1 Å². The van der Waals surface area contributed by atoms with Crippen LogP contribution in [0.3, 0.4) is 0 Å². The highest BCUT2D eigenvalue weighted by Crippen LogP contribution is 2.27. The quantitative estimate of drug-likeness (QED) is 0.417. The molecule has 2 heterocycles. The van der Waals surface area contributed by atoms with Crippen LogP contribution in [-0.4, -0.2) is 32.7 Å². The van der Waals surface area contributed by atoms with E-state index in [1.165, 1.54) is 41.3 Å². The molecule has 0 aliphatic rings. The molecule has 0 atom stereocenters. The molecule has 0 radical (unpaired) electrons. The average molecular weight is 454 g/mol. The van der Waals surface area contributed by atoms with Gasteiger partial charge in [0, 0.05) is 5.56 Å². The first kappa shape index (κ1) is 20.9. The summed E-state index contributed by atoms with van der Waals surface area (Å²) in [7, 11) is 0. The third kappa shape index (κ3) is 5.41. The number of thioether (sulfide) groups is 1. The lowest BCUT2D eigenvalue weighted by Crippen LogP contribution is -2.14. The highest BCUT2D eigenvalue weighted by Gasteiger charge is 2.11. The van der Waals surface area contributed by atoms with Crippen molar-refractivity contribution in [3.05, 3.63) is 71.5 Å². The average Bonchev–Trinajstić information content (AvgIpc) is 3.14. The maximum absolute atomic E-state index is 13.2. The lowest BCUT2D eigenvalue weighted by Gasteiger charge is -2.05. The number of hydrogen-bond acceptors (Lipinski definition) is 7. The smallest absolute Gasteiger partial charge is 0.256 e. The second kappa shape index (κ2) is 9.19. The number of carbonyl (C=O) groups is 2. The van der Waals surface area contributed by atoms with Gasteiger partial charge in [-0.3, -0.25) is 9.59 Å². The Hall–Kier alpha value is -3.37. The first-order valence-electron chi connectivity index (χ1n) is 9.17. The summed E-state index contributed by atoms with van der Waals surface area (Å²) in [6, 6.07) is 14.5. The van der Waals surface area contributed by atoms with Gasteiger partial charge in [0.15, 0.2) is 10.9 Å². The monoisotopic (exact) mass is 453 g/mol. The maximum atomic E-state index is 13.2. The molecule has 0 aliphatic carbocycles. The fraction of sp³-hybridized carbons (Fsp3) is 0.0952. The number of amides is 2. The molecule has 2 N–H and O–H groups in total. The van der Waals surface area contributed by atoms with Crippen LogP contribution in [0.4, 0.5) is 15.3 Å². The van der Waals surface area contributed by atoms with Crippen molar-refractivity contribution in [2.45, 2.75) is 11.9 Å². The van der Waals surface area contributed by atoms with Crippen LogP contribution in [0.1, 0.15) is 15.9 Å². The minimum Gasteiger partial charge on any atom is -0.305 e. The summed E-state index contributed by atoms with van der Waals surface area (Å²) in [5.74, 6) is -0.818. The van der Waals surface area contributed by atoms with E-state index in [4.69, 9.17) is 0 Å². The predicted octanol–water partition coefficient (Wildman–Crippen LogP) is 4.52. The molecule has 0 saturated carbocycles. The molecule has 0 bridgehead atoms. The standard InChI is InChI=1S/C21H16FN5O2S2/c1-12-5-6-15-16(9-12)31-21(23-15)25-18(28)11-30-19-8-7-17(26-27-19)24-20(29)13-3-2-4-14(22)10-13/h2-10H,11H2,1H3,(H,23,25,28)(H,24,26,29). The molecule has 2 aromatic heterocycles. The molecule has 0 fully saturated rings. The molecule has 10 heteroatoms. The van der Waals surface area contributed by atoms with Crippen LogP contribution in [0.2, 0.25) is 0 Å². The number of aryl methyl sites for hydroxylation is 1. The molecule has 4 rings (SSSR count). The Labute approximate surface area is 185 Å². The lowest BCUT2D eigenvalue weighted by molar-refractivity contribution is -0.113. The van der Waals surface area contributed by atoms with Crippen LogP contribution in [-0.2, 0) is 4.79 Å². The van der Waals surface area contributed by atoms with Crippen molar-refractivity contribution in [3.63, 3.8) is 0 Å². The van der Waals surface area contributed by atoms with Gasteiger partial charge in [-0.2, -0.15) is 0 Å². The second-order valence-electron chi connectivity index (χ2n) is 6.55. The van der Waals surface area contributed by atoms with Gasteiger partial charge in [-0.15, -0.1) is 10.2 Å². The van der Waals surface area contributed by atoms with E-state index < -0.39 is 11.7 Å². The van der Waals surface area contributed by atoms with Crippen LogP contribution in [0.15, 0.2) is 59.6 Å². The van der Waals surface area contributed by atoms with Gasteiger partial charge in [-0.1, -0.05) is 35.2 Å². The van der Waals surface area contributed by atoms with Crippen molar-refractivity contribution in [1.82, 2.24) is 15.2 Å². The number of thiazole rings is 1. The summed E-state index contributed by atoms with van der Waals surface area (Å²) in [5, 5.41) is 14.3. The summed E-state index contributed by atoms with van der Waals surface area (Å²) in [6.07, 6.45) is 0. The summed E-state index contributed by atoms with van der Waals surface area (Å²) in [5.41, 5.74) is 2.17. The summed E-state index contributed by atoms with van der Waals surface area (Å²) in [6.45, 7) is 2.01. The summed E-state index contributed by atoms with van der Waals surface area (Å²) in [4.78, 5) is 28.7. The van der Waals surface area contributed by atoms with Crippen LogP contribution in [0.5, 0.6) is 0 Å². The second-order valence-corrected chi connectivity index (χ2v) is 8.57. The van der Waals surface area contributed by atoms with Crippen LogP contribution < -0.4 is 10.6 Å². The van der Waals surface area contributed by atoms with E-state index >= 15 is 0 Å². The van der Waals surface area contributed by atoms with E-state index in [0.717, 1.165) is 21.8 Å². The number of anilines is 2. The van der Waals surface area contributed by atoms with Crippen molar-refractivity contribution in [2.24, 2.45) is 0 Å². The minimum atomic E-state index is -0.496. The first-order valence-corrected chi connectivity index (χ1v) is 11.0. The Morgan fingerprint density at radius 2 is 1.94 bits per heavy atom. The molecule has 31 heavy (non-hydrogen) atoms. The summed E-state index contributed by atoms with van der Waals surface area (Å²) >= 11 is 2.64. The molecular weight excluding hydrogens is 437 g/mol. The fourth-order valence-corrected chi connectivity index (χ4v) is 4.26. The SMILES string of the molecule is Cc1ccc2nc(NC(=O)CSc3ccc(NC(=O)c4cccc(F)c4)nn3)sc2c1. The molecule has 0 aliphatic heterocycles. The van der Waals surface area contributed by atoms with Gasteiger partial charge < -0.3 is 10.6 Å². The van der Waals surface area contributed by atoms with Crippen molar-refractivity contribution < 1.29 is 14.0 Å². The zero-order valence-electron chi connectivity index (χ0n) is 16.3. The van der Waals surface area contributed by atoms with Gasteiger partial charge in [0.05, 0.1) is 16.0 Å². The molecule has 7 nitrogen and oxygen atoms in total. The number of rotatable bonds is 6. The van der Waals surface area contributed by atoms with Crippen LogP contribution in [0.25, 0.3) is 10.2 Å². The van der Waals surface area contributed by atoms with Crippen LogP contribution >= 0.6 is 23.1 Å². The zero-order chi connectivity index (χ0) is 21.8. The van der Waals surface area contributed by atoms with E-state index in [2.05, 4.69) is 25.8 Å².